The number of hydrogen-bond donors (Lipinski definition) is 1. The van der Waals surface area contributed by atoms with Gasteiger partial charge in [0.15, 0.2) is 0 Å². The Labute approximate surface area is 122 Å². The van der Waals surface area contributed by atoms with E-state index >= 15 is 0 Å². The standard InChI is InChI=1S/C17H27NS/c1-14-3-5-15(6-4-14)11-12-18-13-16-7-9-17(19-2)10-8-16/h7-10,14-15,18H,3-6,11-13H2,1-2H3. The molecule has 0 bridgehead atoms. The van der Waals surface area contributed by atoms with Gasteiger partial charge in [0, 0.05) is 11.4 Å². The summed E-state index contributed by atoms with van der Waals surface area (Å²) in [4.78, 5) is 1.35. The molecule has 0 amide bonds. The summed E-state index contributed by atoms with van der Waals surface area (Å²) in [5.74, 6) is 1.95. The van der Waals surface area contributed by atoms with Crippen LogP contribution >= 0.6 is 11.8 Å². The third-order valence-corrected chi connectivity index (χ3v) is 5.10. The van der Waals surface area contributed by atoms with Crippen molar-refractivity contribution in [2.24, 2.45) is 11.8 Å². The molecule has 1 saturated carbocycles. The molecule has 19 heavy (non-hydrogen) atoms. The van der Waals surface area contributed by atoms with Gasteiger partial charge in [-0.05, 0) is 48.8 Å². The molecule has 0 saturated heterocycles. The first-order valence-electron chi connectivity index (χ1n) is 7.61. The second-order valence-electron chi connectivity index (χ2n) is 5.94. The normalized spacial score (nSPS) is 23.5. The van der Waals surface area contributed by atoms with Crippen LogP contribution < -0.4 is 5.32 Å². The van der Waals surface area contributed by atoms with Gasteiger partial charge >= 0.3 is 0 Å². The van der Waals surface area contributed by atoms with E-state index in [9.17, 15) is 0 Å². The average Bonchev–Trinajstić information content (AvgIpc) is 2.46. The minimum Gasteiger partial charge on any atom is -0.313 e. The van der Waals surface area contributed by atoms with Crippen molar-refractivity contribution in [3.8, 4) is 0 Å². The zero-order valence-corrected chi connectivity index (χ0v) is 13.1. The fourth-order valence-electron chi connectivity index (χ4n) is 2.90. The van der Waals surface area contributed by atoms with Crippen LogP contribution in [0.15, 0.2) is 29.2 Å². The molecule has 1 aromatic rings. The van der Waals surface area contributed by atoms with Crippen molar-refractivity contribution in [1.29, 1.82) is 0 Å². The van der Waals surface area contributed by atoms with E-state index in [0.717, 1.165) is 18.4 Å². The SMILES string of the molecule is CSc1ccc(CNCCC2CCC(C)CC2)cc1. The van der Waals surface area contributed by atoms with E-state index in [-0.39, 0.29) is 0 Å². The molecule has 1 aliphatic carbocycles. The van der Waals surface area contributed by atoms with Gasteiger partial charge in [0.2, 0.25) is 0 Å². The van der Waals surface area contributed by atoms with Crippen molar-refractivity contribution in [3.63, 3.8) is 0 Å². The van der Waals surface area contributed by atoms with E-state index in [1.54, 1.807) is 11.8 Å². The third-order valence-electron chi connectivity index (χ3n) is 4.35. The molecule has 1 aliphatic rings. The zero-order chi connectivity index (χ0) is 13.5. The van der Waals surface area contributed by atoms with Crippen molar-refractivity contribution in [1.82, 2.24) is 5.32 Å². The monoisotopic (exact) mass is 277 g/mol. The molecule has 1 N–H and O–H groups in total. The van der Waals surface area contributed by atoms with Crippen molar-refractivity contribution in [3.05, 3.63) is 29.8 Å². The molecule has 0 radical (unpaired) electrons. The lowest BCUT2D eigenvalue weighted by atomic mass is 9.81. The highest BCUT2D eigenvalue weighted by Crippen LogP contribution is 2.29. The van der Waals surface area contributed by atoms with Crippen molar-refractivity contribution < 1.29 is 0 Å². The van der Waals surface area contributed by atoms with Crippen LogP contribution in [0.5, 0.6) is 0 Å². The van der Waals surface area contributed by atoms with Crippen LogP contribution in [0.1, 0.15) is 44.6 Å². The molecule has 0 spiro atoms. The number of nitrogens with one attached hydrogen (secondary N) is 1. The Morgan fingerprint density at radius 1 is 1.11 bits per heavy atom. The third kappa shape index (κ3) is 5.19. The minimum absolute atomic E-state index is 0.971. The lowest BCUT2D eigenvalue weighted by Crippen LogP contribution is -2.20. The van der Waals surface area contributed by atoms with Crippen LogP contribution in [0.3, 0.4) is 0 Å². The first-order valence-corrected chi connectivity index (χ1v) is 8.84. The Morgan fingerprint density at radius 3 is 2.42 bits per heavy atom. The Hall–Kier alpha value is -0.470. The van der Waals surface area contributed by atoms with Crippen LogP contribution in [-0.4, -0.2) is 12.8 Å². The molecular formula is C17H27NS. The molecule has 1 fully saturated rings. The van der Waals surface area contributed by atoms with Gasteiger partial charge < -0.3 is 5.32 Å². The smallest absolute Gasteiger partial charge is 0.0205 e. The highest BCUT2D eigenvalue weighted by atomic mass is 32.2. The maximum Gasteiger partial charge on any atom is 0.0205 e. The Balaban J connectivity index is 1.61. The summed E-state index contributed by atoms with van der Waals surface area (Å²) in [5, 5.41) is 3.59. The van der Waals surface area contributed by atoms with Crippen LogP contribution in [0.4, 0.5) is 0 Å². The maximum atomic E-state index is 3.59. The molecule has 1 aromatic carbocycles. The second kappa shape index (κ2) is 7.96. The summed E-state index contributed by atoms with van der Waals surface area (Å²) < 4.78 is 0. The van der Waals surface area contributed by atoms with Crippen LogP contribution in [0.25, 0.3) is 0 Å². The minimum atomic E-state index is 0.971. The Morgan fingerprint density at radius 2 is 1.79 bits per heavy atom. The topological polar surface area (TPSA) is 12.0 Å². The van der Waals surface area contributed by atoms with E-state index in [4.69, 9.17) is 0 Å². The largest absolute Gasteiger partial charge is 0.313 e. The predicted octanol–water partition coefficient (Wildman–Crippen LogP) is 4.71. The van der Waals surface area contributed by atoms with E-state index in [2.05, 4.69) is 42.8 Å². The molecule has 0 atom stereocenters. The fourth-order valence-corrected chi connectivity index (χ4v) is 3.31. The first kappa shape index (κ1) is 14.9. The fraction of sp³-hybridized carbons (Fsp3) is 0.647. The molecule has 0 unspecified atom stereocenters. The second-order valence-corrected chi connectivity index (χ2v) is 6.82. The Bertz CT molecular complexity index is 352. The molecule has 2 rings (SSSR count). The quantitative estimate of drug-likeness (QED) is 0.597. The molecular weight excluding hydrogens is 250 g/mol. The van der Waals surface area contributed by atoms with Crippen molar-refractivity contribution in [2.45, 2.75) is 50.5 Å². The van der Waals surface area contributed by atoms with Gasteiger partial charge in [-0.1, -0.05) is 44.7 Å². The summed E-state index contributed by atoms with van der Waals surface area (Å²) in [7, 11) is 0. The highest BCUT2D eigenvalue weighted by molar-refractivity contribution is 7.98. The number of thioether (sulfide) groups is 1. The van der Waals surface area contributed by atoms with E-state index < -0.39 is 0 Å². The summed E-state index contributed by atoms with van der Waals surface area (Å²) >= 11 is 1.80. The summed E-state index contributed by atoms with van der Waals surface area (Å²) in [6.45, 7) is 4.58. The molecule has 0 aromatic heterocycles. The van der Waals surface area contributed by atoms with Gasteiger partial charge in [-0.25, -0.2) is 0 Å². The summed E-state index contributed by atoms with van der Waals surface area (Å²) in [6, 6.07) is 8.90. The van der Waals surface area contributed by atoms with Crippen molar-refractivity contribution >= 4 is 11.8 Å². The lowest BCUT2D eigenvalue weighted by Gasteiger charge is -2.26. The summed E-state index contributed by atoms with van der Waals surface area (Å²) in [5.41, 5.74) is 1.40. The molecule has 0 aliphatic heterocycles. The van der Waals surface area contributed by atoms with Gasteiger partial charge in [-0.15, -0.1) is 11.8 Å². The molecule has 0 heterocycles. The van der Waals surface area contributed by atoms with Crippen molar-refractivity contribution in [2.75, 3.05) is 12.8 Å². The van der Waals surface area contributed by atoms with E-state index in [1.807, 2.05) is 0 Å². The molecule has 2 heteroatoms. The van der Waals surface area contributed by atoms with Gasteiger partial charge in [0.05, 0.1) is 0 Å². The van der Waals surface area contributed by atoms with Crippen LogP contribution in [-0.2, 0) is 6.54 Å². The number of rotatable bonds is 6. The molecule has 106 valence electrons. The Kier molecular flexibility index (Phi) is 6.25. The first-order chi connectivity index (χ1) is 9.28. The van der Waals surface area contributed by atoms with Gasteiger partial charge in [0.1, 0.15) is 0 Å². The average molecular weight is 277 g/mol. The zero-order valence-electron chi connectivity index (χ0n) is 12.3. The maximum absolute atomic E-state index is 3.59. The number of benzene rings is 1. The van der Waals surface area contributed by atoms with Gasteiger partial charge in [-0.2, -0.15) is 0 Å². The summed E-state index contributed by atoms with van der Waals surface area (Å²) in [6.07, 6.45) is 9.27. The van der Waals surface area contributed by atoms with Gasteiger partial charge in [-0.3, -0.25) is 0 Å². The molecule has 1 nitrogen and oxygen atoms in total. The van der Waals surface area contributed by atoms with Crippen LogP contribution in [0, 0.1) is 11.8 Å². The van der Waals surface area contributed by atoms with Crippen LogP contribution in [0.2, 0.25) is 0 Å². The van der Waals surface area contributed by atoms with E-state index in [1.165, 1.54) is 49.1 Å². The van der Waals surface area contributed by atoms with Gasteiger partial charge in [0.25, 0.3) is 0 Å². The number of hydrogen-bond acceptors (Lipinski definition) is 2. The predicted molar refractivity (Wildman–Crippen MR) is 85.7 cm³/mol. The lowest BCUT2D eigenvalue weighted by molar-refractivity contribution is 0.275. The highest BCUT2D eigenvalue weighted by Gasteiger charge is 2.17. The van der Waals surface area contributed by atoms with E-state index in [0.29, 0.717) is 0 Å².